The molecule has 14 heavy (non-hydrogen) atoms. The molecule has 0 aliphatic carbocycles. The lowest BCUT2D eigenvalue weighted by atomic mass is 9.87. The monoisotopic (exact) mass is 212 g/mol. The van der Waals surface area contributed by atoms with Gasteiger partial charge in [0.2, 0.25) is 0 Å². The lowest BCUT2D eigenvalue weighted by molar-refractivity contribution is 0.472. The number of benzene rings is 1. The Kier molecular flexibility index (Phi) is 4.07. The Morgan fingerprint density at radius 1 is 1.36 bits per heavy atom. The summed E-state index contributed by atoms with van der Waals surface area (Å²) >= 11 is 0. The number of hydrogen-bond donors (Lipinski definition) is 0. The normalized spacial score (nSPS) is 15.2. The van der Waals surface area contributed by atoms with E-state index in [-0.39, 0.29) is 5.82 Å². The van der Waals surface area contributed by atoms with E-state index in [1.54, 1.807) is 6.07 Å². The van der Waals surface area contributed by atoms with Crippen molar-refractivity contribution in [2.45, 2.75) is 33.1 Å². The summed E-state index contributed by atoms with van der Waals surface area (Å²) in [6, 6.07) is 4.99. The van der Waals surface area contributed by atoms with Gasteiger partial charge < -0.3 is 0 Å². The summed E-state index contributed by atoms with van der Waals surface area (Å²) in [6.07, 6.45) is 1.13. The van der Waals surface area contributed by atoms with Crippen molar-refractivity contribution in [3.8, 4) is 0 Å². The van der Waals surface area contributed by atoms with Crippen molar-refractivity contribution in [1.82, 2.24) is 0 Å². The minimum Gasteiger partial charge on any atom is -0.207 e. The first-order valence-electron chi connectivity index (χ1n) is 5.11. The van der Waals surface area contributed by atoms with Crippen LogP contribution < -0.4 is 5.30 Å². The van der Waals surface area contributed by atoms with Crippen molar-refractivity contribution >= 4 is 14.5 Å². The van der Waals surface area contributed by atoms with Crippen molar-refractivity contribution in [2.24, 2.45) is 5.92 Å². The first-order chi connectivity index (χ1) is 6.56. The smallest absolute Gasteiger partial charge is 0.123 e. The molecule has 0 fully saturated rings. The van der Waals surface area contributed by atoms with Crippen LogP contribution in [0, 0.1) is 11.7 Å². The Labute approximate surface area is 88.1 Å². The maximum Gasteiger partial charge on any atom is 0.123 e. The van der Waals surface area contributed by atoms with E-state index >= 15 is 0 Å². The SMILES string of the molecule is CCC(C)C(C)c1cc(F)ccc1P. The molecule has 78 valence electrons. The summed E-state index contributed by atoms with van der Waals surface area (Å²) in [4.78, 5) is 0. The molecular weight excluding hydrogens is 194 g/mol. The minimum atomic E-state index is -0.138. The predicted molar refractivity (Wildman–Crippen MR) is 63.6 cm³/mol. The summed E-state index contributed by atoms with van der Waals surface area (Å²) in [5.41, 5.74) is 1.12. The summed E-state index contributed by atoms with van der Waals surface area (Å²) < 4.78 is 13.1. The number of halogens is 1. The largest absolute Gasteiger partial charge is 0.207 e. The molecular formula is C12H18FP. The van der Waals surface area contributed by atoms with Crippen LogP contribution in [0.15, 0.2) is 18.2 Å². The van der Waals surface area contributed by atoms with E-state index in [2.05, 4.69) is 30.0 Å². The standard InChI is InChI=1S/C12H18FP/c1-4-8(2)9(3)11-7-10(13)5-6-12(11)14/h5-9H,4,14H2,1-3H3. The molecule has 3 atom stereocenters. The van der Waals surface area contributed by atoms with Gasteiger partial charge in [0.1, 0.15) is 5.82 Å². The van der Waals surface area contributed by atoms with Gasteiger partial charge in [0.25, 0.3) is 0 Å². The van der Waals surface area contributed by atoms with Crippen LogP contribution >= 0.6 is 9.24 Å². The van der Waals surface area contributed by atoms with Gasteiger partial charge in [0.05, 0.1) is 0 Å². The van der Waals surface area contributed by atoms with Crippen molar-refractivity contribution in [2.75, 3.05) is 0 Å². The number of hydrogen-bond acceptors (Lipinski definition) is 0. The van der Waals surface area contributed by atoms with Crippen molar-refractivity contribution < 1.29 is 4.39 Å². The molecule has 0 saturated heterocycles. The third-order valence-corrected chi connectivity index (χ3v) is 3.56. The van der Waals surface area contributed by atoms with E-state index in [0.717, 1.165) is 17.3 Å². The average Bonchev–Trinajstić information content (AvgIpc) is 2.19. The topological polar surface area (TPSA) is 0 Å². The molecule has 1 rings (SSSR count). The Hall–Kier alpha value is -0.420. The summed E-state index contributed by atoms with van der Waals surface area (Å²) in [5, 5.41) is 1.11. The fourth-order valence-electron chi connectivity index (χ4n) is 1.60. The van der Waals surface area contributed by atoms with Crippen LogP contribution in [0.5, 0.6) is 0 Å². The zero-order chi connectivity index (χ0) is 10.7. The second kappa shape index (κ2) is 4.89. The average molecular weight is 212 g/mol. The van der Waals surface area contributed by atoms with Crippen LogP contribution in [0.3, 0.4) is 0 Å². The summed E-state index contributed by atoms with van der Waals surface area (Å²) in [7, 11) is 2.68. The summed E-state index contributed by atoms with van der Waals surface area (Å²) in [5.74, 6) is 0.876. The van der Waals surface area contributed by atoms with Crippen molar-refractivity contribution in [3.05, 3.63) is 29.6 Å². The first kappa shape index (κ1) is 11.7. The lowest BCUT2D eigenvalue weighted by Gasteiger charge is -2.20. The third-order valence-electron chi connectivity index (χ3n) is 3.04. The molecule has 0 N–H and O–H groups in total. The van der Waals surface area contributed by atoms with Crippen LogP contribution in [0.4, 0.5) is 4.39 Å². The molecule has 0 heterocycles. The lowest BCUT2D eigenvalue weighted by Crippen LogP contribution is -2.12. The molecule has 1 aromatic carbocycles. The highest BCUT2D eigenvalue weighted by molar-refractivity contribution is 7.27. The zero-order valence-electron chi connectivity index (χ0n) is 9.05. The van der Waals surface area contributed by atoms with Gasteiger partial charge in [0, 0.05) is 0 Å². The van der Waals surface area contributed by atoms with Crippen LogP contribution in [0.25, 0.3) is 0 Å². The van der Waals surface area contributed by atoms with Crippen LogP contribution in [-0.2, 0) is 0 Å². The highest BCUT2D eigenvalue weighted by atomic mass is 31.0. The molecule has 0 nitrogen and oxygen atoms in total. The molecule has 0 bridgehead atoms. The van der Waals surface area contributed by atoms with Gasteiger partial charge in [0.15, 0.2) is 0 Å². The molecule has 0 aliphatic heterocycles. The van der Waals surface area contributed by atoms with Crippen molar-refractivity contribution in [3.63, 3.8) is 0 Å². The van der Waals surface area contributed by atoms with Crippen LogP contribution in [0.2, 0.25) is 0 Å². The Bertz CT molecular complexity index is 309. The number of rotatable bonds is 3. The predicted octanol–water partition coefficient (Wildman–Crippen LogP) is 3.48. The zero-order valence-corrected chi connectivity index (χ0v) is 10.2. The molecule has 0 radical (unpaired) electrons. The Balaban J connectivity index is 2.99. The Morgan fingerprint density at radius 3 is 2.57 bits per heavy atom. The second-order valence-electron chi connectivity index (χ2n) is 3.95. The van der Waals surface area contributed by atoms with E-state index in [1.165, 1.54) is 6.07 Å². The molecule has 3 unspecified atom stereocenters. The first-order valence-corrected chi connectivity index (χ1v) is 5.69. The fourth-order valence-corrected chi connectivity index (χ4v) is 2.04. The van der Waals surface area contributed by atoms with Gasteiger partial charge in [-0.05, 0) is 34.8 Å². The van der Waals surface area contributed by atoms with Gasteiger partial charge >= 0.3 is 0 Å². The summed E-state index contributed by atoms with van der Waals surface area (Å²) in [6.45, 7) is 6.54. The van der Waals surface area contributed by atoms with E-state index in [4.69, 9.17) is 0 Å². The van der Waals surface area contributed by atoms with E-state index < -0.39 is 0 Å². The highest BCUT2D eigenvalue weighted by Crippen LogP contribution is 2.26. The molecule has 1 aromatic rings. The minimum absolute atomic E-state index is 0.138. The molecule has 0 spiro atoms. The van der Waals surface area contributed by atoms with Gasteiger partial charge in [-0.1, -0.05) is 33.3 Å². The highest BCUT2D eigenvalue weighted by Gasteiger charge is 2.15. The van der Waals surface area contributed by atoms with Gasteiger partial charge in [-0.2, -0.15) is 0 Å². The quantitative estimate of drug-likeness (QED) is 0.673. The molecule has 2 heteroatoms. The van der Waals surface area contributed by atoms with Gasteiger partial charge in [-0.25, -0.2) is 4.39 Å². The second-order valence-corrected chi connectivity index (χ2v) is 4.57. The van der Waals surface area contributed by atoms with Gasteiger partial charge in [-0.15, -0.1) is 9.24 Å². The van der Waals surface area contributed by atoms with E-state index in [0.29, 0.717) is 11.8 Å². The molecule has 0 saturated carbocycles. The molecule has 0 amide bonds. The molecule has 0 aromatic heterocycles. The van der Waals surface area contributed by atoms with Gasteiger partial charge in [-0.3, -0.25) is 0 Å². The maximum absolute atomic E-state index is 13.1. The van der Waals surface area contributed by atoms with Crippen LogP contribution in [0.1, 0.15) is 38.7 Å². The Morgan fingerprint density at radius 2 is 2.00 bits per heavy atom. The molecule has 0 aliphatic rings. The maximum atomic E-state index is 13.1. The van der Waals surface area contributed by atoms with E-state index in [1.807, 2.05) is 6.07 Å². The third kappa shape index (κ3) is 2.54. The van der Waals surface area contributed by atoms with Crippen molar-refractivity contribution in [1.29, 1.82) is 0 Å². The fraction of sp³-hybridized carbons (Fsp3) is 0.500. The van der Waals surface area contributed by atoms with E-state index in [9.17, 15) is 4.39 Å². The van der Waals surface area contributed by atoms with Crippen LogP contribution in [-0.4, -0.2) is 0 Å².